The summed E-state index contributed by atoms with van der Waals surface area (Å²) in [6.45, 7) is 3.78. The Hall–Kier alpha value is -4.39. The molecule has 7 heteroatoms. The lowest BCUT2D eigenvalue weighted by atomic mass is 9.96. The Morgan fingerprint density at radius 3 is 2.38 bits per heavy atom. The van der Waals surface area contributed by atoms with Gasteiger partial charge in [-0.15, -0.1) is 0 Å². The molecule has 0 unspecified atom stereocenters. The van der Waals surface area contributed by atoms with E-state index in [9.17, 15) is 4.79 Å². The Morgan fingerprint density at radius 2 is 1.76 bits per heavy atom. The second-order valence-electron chi connectivity index (χ2n) is 7.65. The third-order valence-electron chi connectivity index (χ3n) is 5.29. The van der Waals surface area contributed by atoms with E-state index in [1.165, 1.54) is 12.1 Å². The number of methoxy groups -OCH3 is 1. The molecule has 0 atom stereocenters. The predicted molar refractivity (Wildman–Crippen MR) is 133 cm³/mol. The largest absolute Gasteiger partial charge is 0.486 e. The zero-order valence-electron chi connectivity index (χ0n) is 19.4. The SMILES string of the molecule is C/C=C1\c2cc(-c3ccccc3)ncc2C(OCc2ccccc2)=C(C(=O)OC)N1/N=C(\C)N. The number of allylic oxidation sites excluding steroid dienone is 1. The molecular formula is C27H26N4O3. The molecule has 1 aromatic heterocycles. The zero-order chi connectivity index (χ0) is 24.1. The van der Waals surface area contributed by atoms with Gasteiger partial charge in [-0.25, -0.2) is 9.80 Å². The number of hydrogen-bond donors (Lipinski definition) is 1. The molecule has 0 radical (unpaired) electrons. The van der Waals surface area contributed by atoms with Gasteiger partial charge in [0.1, 0.15) is 12.4 Å². The highest BCUT2D eigenvalue weighted by Gasteiger charge is 2.36. The van der Waals surface area contributed by atoms with Crippen molar-refractivity contribution in [3.63, 3.8) is 0 Å². The van der Waals surface area contributed by atoms with Crippen LogP contribution >= 0.6 is 0 Å². The number of benzene rings is 2. The molecule has 2 aromatic carbocycles. The van der Waals surface area contributed by atoms with Gasteiger partial charge in [0, 0.05) is 22.9 Å². The third-order valence-corrected chi connectivity index (χ3v) is 5.29. The van der Waals surface area contributed by atoms with Crippen molar-refractivity contribution < 1.29 is 14.3 Å². The van der Waals surface area contributed by atoms with Gasteiger partial charge in [0.05, 0.1) is 18.5 Å². The number of carbonyl (C=O) groups is 1. The first-order valence-corrected chi connectivity index (χ1v) is 10.9. The molecule has 0 saturated heterocycles. The van der Waals surface area contributed by atoms with E-state index in [0.717, 1.165) is 22.4 Å². The third kappa shape index (κ3) is 4.54. The number of nitrogens with zero attached hydrogens (tertiary/aromatic N) is 3. The summed E-state index contributed by atoms with van der Waals surface area (Å²) in [6, 6.07) is 21.6. The first-order valence-electron chi connectivity index (χ1n) is 10.9. The summed E-state index contributed by atoms with van der Waals surface area (Å²) in [5.41, 5.74) is 11.0. The fourth-order valence-electron chi connectivity index (χ4n) is 3.76. The van der Waals surface area contributed by atoms with Crippen LogP contribution in [0.15, 0.2) is 89.8 Å². The average Bonchev–Trinajstić information content (AvgIpc) is 2.87. The van der Waals surface area contributed by atoms with E-state index < -0.39 is 5.97 Å². The molecule has 0 amide bonds. The summed E-state index contributed by atoms with van der Waals surface area (Å²) in [5.74, 6) is 0.0163. The molecule has 2 heterocycles. The fraction of sp³-hybridized carbons (Fsp3) is 0.148. The van der Waals surface area contributed by atoms with Gasteiger partial charge in [0.25, 0.3) is 0 Å². The van der Waals surface area contributed by atoms with Gasteiger partial charge in [-0.2, -0.15) is 5.10 Å². The number of hydrogen-bond acceptors (Lipinski definition) is 6. The lowest BCUT2D eigenvalue weighted by molar-refractivity contribution is -0.137. The topological polar surface area (TPSA) is 90.0 Å². The highest BCUT2D eigenvalue weighted by Crippen LogP contribution is 2.41. The number of esters is 1. The zero-order valence-corrected chi connectivity index (χ0v) is 19.4. The number of carbonyl (C=O) groups excluding carboxylic acids is 1. The highest BCUT2D eigenvalue weighted by atomic mass is 16.5. The number of pyridine rings is 1. The van der Waals surface area contributed by atoms with Crippen LogP contribution in [0.3, 0.4) is 0 Å². The van der Waals surface area contributed by atoms with Gasteiger partial charge in [-0.3, -0.25) is 4.98 Å². The quantitative estimate of drug-likeness (QED) is 0.328. The minimum absolute atomic E-state index is 0.137. The van der Waals surface area contributed by atoms with E-state index in [-0.39, 0.29) is 18.1 Å². The van der Waals surface area contributed by atoms with Crippen LogP contribution in [-0.2, 0) is 20.9 Å². The van der Waals surface area contributed by atoms with Crippen molar-refractivity contribution in [2.24, 2.45) is 10.8 Å². The standard InChI is InChI=1S/C27H26N4O3/c1-4-24-21-15-23(20-13-9-6-10-14-20)29-16-22(21)26(34-17-19-11-7-5-8-12-19)25(27(32)33-3)31(24)30-18(2)28/h4-16H,17H2,1-3H3,(H2,28,30)/b24-4+. The monoisotopic (exact) mass is 454 g/mol. The number of nitrogens with two attached hydrogens (primary N) is 1. The summed E-state index contributed by atoms with van der Waals surface area (Å²) in [6.07, 6.45) is 3.59. The number of rotatable bonds is 6. The van der Waals surface area contributed by atoms with Crippen LogP contribution in [0.4, 0.5) is 0 Å². The van der Waals surface area contributed by atoms with Gasteiger partial charge in [0.15, 0.2) is 11.5 Å². The minimum atomic E-state index is -0.592. The summed E-state index contributed by atoms with van der Waals surface area (Å²) >= 11 is 0. The van der Waals surface area contributed by atoms with Crippen molar-refractivity contribution in [2.45, 2.75) is 20.5 Å². The van der Waals surface area contributed by atoms with Gasteiger partial charge in [0.2, 0.25) is 0 Å². The maximum Gasteiger partial charge on any atom is 0.360 e. The van der Waals surface area contributed by atoms with E-state index in [0.29, 0.717) is 17.0 Å². The Labute approximate surface area is 198 Å². The lowest BCUT2D eigenvalue weighted by Gasteiger charge is -2.32. The first-order chi connectivity index (χ1) is 16.5. The summed E-state index contributed by atoms with van der Waals surface area (Å²) in [5, 5.41) is 5.93. The van der Waals surface area contributed by atoms with E-state index in [1.807, 2.05) is 79.7 Å². The van der Waals surface area contributed by atoms with E-state index in [1.54, 1.807) is 13.1 Å². The molecule has 0 spiro atoms. The first kappa shape index (κ1) is 22.8. The number of aromatic nitrogens is 1. The van der Waals surface area contributed by atoms with Gasteiger partial charge >= 0.3 is 5.97 Å². The maximum atomic E-state index is 13.0. The molecule has 0 aliphatic carbocycles. The van der Waals surface area contributed by atoms with Gasteiger partial charge in [-0.05, 0) is 25.5 Å². The smallest absolute Gasteiger partial charge is 0.360 e. The van der Waals surface area contributed by atoms with E-state index in [2.05, 4.69) is 10.1 Å². The van der Waals surface area contributed by atoms with Crippen LogP contribution in [0.1, 0.15) is 30.5 Å². The van der Waals surface area contributed by atoms with Gasteiger partial charge < -0.3 is 15.2 Å². The Bertz CT molecular complexity index is 1280. The second-order valence-corrected chi connectivity index (χ2v) is 7.65. The number of hydrazone groups is 1. The van der Waals surface area contributed by atoms with Crippen LogP contribution in [0.5, 0.6) is 0 Å². The Balaban J connectivity index is 1.92. The van der Waals surface area contributed by atoms with Crippen molar-refractivity contribution in [3.05, 3.63) is 101 Å². The lowest BCUT2D eigenvalue weighted by Crippen LogP contribution is -2.30. The molecule has 7 nitrogen and oxygen atoms in total. The molecule has 0 bridgehead atoms. The highest BCUT2D eigenvalue weighted by molar-refractivity contribution is 6.01. The van der Waals surface area contributed by atoms with Crippen molar-refractivity contribution in [1.82, 2.24) is 9.99 Å². The molecular weight excluding hydrogens is 428 g/mol. The normalized spacial score (nSPS) is 14.7. The van der Waals surface area contributed by atoms with E-state index in [4.69, 9.17) is 15.2 Å². The van der Waals surface area contributed by atoms with Crippen molar-refractivity contribution >= 4 is 23.3 Å². The van der Waals surface area contributed by atoms with Gasteiger partial charge in [-0.1, -0.05) is 66.7 Å². The van der Waals surface area contributed by atoms with Crippen molar-refractivity contribution in [3.8, 4) is 11.3 Å². The van der Waals surface area contributed by atoms with Crippen LogP contribution in [0.2, 0.25) is 0 Å². The summed E-state index contributed by atoms with van der Waals surface area (Å²) in [7, 11) is 1.32. The fourth-order valence-corrected chi connectivity index (χ4v) is 3.76. The van der Waals surface area contributed by atoms with Crippen molar-refractivity contribution in [1.29, 1.82) is 0 Å². The number of amidine groups is 1. The van der Waals surface area contributed by atoms with Crippen molar-refractivity contribution in [2.75, 3.05) is 7.11 Å². The summed E-state index contributed by atoms with van der Waals surface area (Å²) < 4.78 is 11.3. The van der Waals surface area contributed by atoms with Crippen LogP contribution in [0.25, 0.3) is 22.7 Å². The molecule has 0 fully saturated rings. The molecule has 2 N–H and O–H groups in total. The molecule has 34 heavy (non-hydrogen) atoms. The average molecular weight is 455 g/mol. The molecule has 0 saturated carbocycles. The summed E-state index contributed by atoms with van der Waals surface area (Å²) in [4.78, 5) is 17.7. The second kappa shape index (κ2) is 10.0. The Morgan fingerprint density at radius 1 is 1.09 bits per heavy atom. The van der Waals surface area contributed by atoms with E-state index >= 15 is 0 Å². The predicted octanol–water partition coefficient (Wildman–Crippen LogP) is 4.78. The van der Waals surface area contributed by atoms with Crippen LogP contribution < -0.4 is 5.73 Å². The minimum Gasteiger partial charge on any atom is -0.486 e. The molecule has 172 valence electrons. The van der Waals surface area contributed by atoms with Crippen LogP contribution in [-0.4, -0.2) is 28.9 Å². The molecule has 1 aliphatic heterocycles. The van der Waals surface area contributed by atoms with Crippen LogP contribution in [0, 0.1) is 0 Å². The Kier molecular flexibility index (Phi) is 6.73. The number of ether oxygens (including phenoxy) is 2. The molecule has 4 rings (SSSR count). The molecule has 1 aliphatic rings. The number of fused-ring (bicyclic) bond motifs is 1. The molecule has 3 aromatic rings. The maximum absolute atomic E-state index is 13.0.